The van der Waals surface area contributed by atoms with E-state index in [2.05, 4.69) is 0 Å². The Morgan fingerprint density at radius 3 is 2.67 bits per heavy atom. The first-order valence-corrected chi connectivity index (χ1v) is 7.55. The molecule has 3 rings (SSSR count). The molecule has 0 fully saturated rings. The van der Waals surface area contributed by atoms with Crippen molar-refractivity contribution in [1.82, 2.24) is 0 Å². The molecule has 0 spiro atoms. The normalized spacial score (nSPS) is 12.1. The molecule has 1 aromatic heterocycles. The summed E-state index contributed by atoms with van der Waals surface area (Å²) in [6, 6.07) is 11.6. The quantitative estimate of drug-likeness (QED) is 0.775. The van der Waals surface area contributed by atoms with Crippen molar-refractivity contribution in [3.63, 3.8) is 0 Å². The fourth-order valence-electron chi connectivity index (χ4n) is 2.30. The van der Waals surface area contributed by atoms with Crippen molar-refractivity contribution in [1.29, 1.82) is 0 Å². The highest BCUT2D eigenvalue weighted by atomic mass is 35.5. The van der Waals surface area contributed by atoms with Crippen molar-refractivity contribution in [2.45, 2.75) is 13.0 Å². The number of ether oxygens (including phenoxy) is 1. The Hall–Kier alpha value is -2.79. The van der Waals surface area contributed by atoms with Crippen molar-refractivity contribution >= 4 is 28.5 Å². The number of halogens is 1. The van der Waals surface area contributed by atoms with Gasteiger partial charge in [0.15, 0.2) is 6.10 Å². The summed E-state index contributed by atoms with van der Waals surface area (Å²) >= 11 is 6.14. The highest BCUT2D eigenvalue weighted by molar-refractivity contribution is 6.33. The Morgan fingerprint density at radius 1 is 1.21 bits per heavy atom. The maximum absolute atomic E-state index is 12.7. The summed E-state index contributed by atoms with van der Waals surface area (Å²) in [4.78, 5) is 23.5. The number of carbonyl (C=O) groups is 1. The second-order valence-corrected chi connectivity index (χ2v) is 5.62. The van der Waals surface area contributed by atoms with E-state index in [0.717, 1.165) is 0 Å². The summed E-state index contributed by atoms with van der Waals surface area (Å²) in [5.74, 6) is -0.767. The predicted molar refractivity (Wildman–Crippen MR) is 90.7 cm³/mol. The maximum atomic E-state index is 12.7. The van der Waals surface area contributed by atoms with Gasteiger partial charge in [-0.15, -0.1) is 0 Å². The summed E-state index contributed by atoms with van der Waals surface area (Å²) in [7, 11) is 0. The van der Waals surface area contributed by atoms with Gasteiger partial charge in [-0.25, -0.2) is 4.79 Å². The average Bonchev–Trinajstić information content (AvgIpc) is 2.56. The zero-order valence-electron chi connectivity index (χ0n) is 12.7. The standard InChI is InChI=1S/C18H13ClO5/c1-10(18(21)22)24-11-6-7-13-16(8-11)23-9-14(17(13)20)12-4-2-3-5-15(12)19/h2-10H,1H3,(H,21,22). The van der Waals surface area contributed by atoms with Gasteiger partial charge in [-0.3, -0.25) is 4.79 Å². The molecule has 24 heavy (non-hydrogen) atoms. The molecule has 0 aliphatic rings. The number of carboxylic acids is 1. The van der Waals surface area contributed by atoms with Crippen molar-refractivity contribution in [3.8, 4) is 16.9 Å². The third-order valence-electron chi connectivity index (χ3n) is 3.57. The number of hydrogen-bond acceptors (Lipinski definition) is 4. The minimum absolute atomic E-state index is 0.220. The Balaban J connectivity index is 2.06. The molecule has 0 radical (unpaired) electrons. The van der Waals surface area contributed by atoms with Gasteiger partial charge in [0.2, 0.25) is 5.43 Å². The Bertz CT molecular complexity index is 977. The molecule has 0 saturated carbocycles. The van der Waals surface area contributed by atoms with Crippen molar-refractivity contribution < 1.29 is 19.1 Å². The maximum Gasteiger partial charge on any atom is 0.344 e. The van der Waals surface area contributed by atoms with Gasteiger partial charge in [-0.1, -0.05) is 29.8 Å². The SMILES string of the molecule is CC(Oc1ccc2c(=O)c(-c3ccccc3Cl)coc2c1)C(=O)O. The molecule has 0 aliphatic heterocycles. The highest BCUT2D eigenvalue weighted by Crippen LogP contribution is 2.28. The van der Waals surface area contributed by atoms with E-state index in [1.54, 1.807) is 30.3 Å². The van der Waals surface area contributed by atoms with E-state index in [4.69, 9.17) is 25.9 Å². The molecule has 0 aliphatic carbocycles. The summed E-state index contributed by atoms with van der Waals surface area (Å²) in [6.45, 7) is 1.42. The van der Waals surface area contributed by atoms with Crippen LogP contribution in [0.1, 0.15) is 6.92 Å². The number of carboxylic acid groups (broad SMARTS) is 1. The van der Waals surface area contributed by atoms with Crippen LogP contribution in [0.15, 0.2) is 57.9 Å². The Morgan fingerprint density at radius 2 is 1.96 bits per heavy atom. The van der Waals surface area contributed by atoms with Crippen LogP contribution in [0.25, 0.3) is 22.1 Å². The number of aliphatic carboxylic acids is 1. The van der Waals surface area contributed by atoms with Crippen molar-refractivity contribution in [2.24, 2.45) is 0 Å². The third-order valence-corrected chi connectivity index (χ3v) is 3.90. The second-order valence-electron chi connectivity index (χ2n) is 5.21. The first kappa shape index (κ1) is 16.1. The molecule has 1 heterocycles. The minimum Gasteiger partial charge on any atom is -0.479 e. The third kappa shape index (κ3) is 2.98. The number of benzene rings is 2. The van der Waals surface area contributed by atoms with Gasteiger partial charge in [0.1, 0.15) is 17.6 Å². The predicted octanol–water partition coefficient (Wildman–Crippen LogP) is 3.97. The first-order chi connectivity index (χ1) is 11.5. The molecule has 0 amide bonds. The lowest BCUT2D eigenvalue weighted by molar-refractivity contribution is -0.144. The van der Waals surface area contributed by atoms with Crippen LogP contribution in [0.2, 0.25) is 5.02 Å². The van der Waals surface area contributed by atoms with E-state index in [1.807, 2.05) is 0 Å². The van der Waals surface area contributed by atoms with Gasteiger partial charge in [0.05, 0.1) is 10.9 Å². The molecule has 5 nitrogen and oxygen atoms in total. The molecular formula is C18H13ClO5. The van der Waals surface area contributed by atoms with Gasteiger partial charge in [0.25, 0.3) is 0 Å². The largest absolute Gasteiger partial charge is 0.479 e. The fraction of sp³-hybridized carbons (Fsp3) is 0.111. The molecule has 1 atom stereocenters. The van der Waals surface area contributed by atoms with Crippen LogP contribution in [0, 0.1) is 0 Å². The van der Waals surface area contributed by atoms with E-state index in [-0.39, 0.29) is 5.43 Å². The summed E-state index contributed by atoms with van der Waals surface area (Å²) < 4.78 is 10.8. The molecular weight excluding hydrogens is 332 g/mol. The molecule has 122 valence electrons. The number of hydrogen-bond donors (Lipinski definition) is 1. The molecule has 6 heteroatoms. The van der Waals surface area contributed by atoms with Crippen LogP contribution < -0.4 is 10.2 Å². The monoisotopic (exact) mass is 344 g/mol. The van der Waals surface area contributed by atoms with Crippen LogP contribution in [-0.4, -0.2) is 17.2 Å². The average molecular weight is 345 g/mol. The molecule has 1 unspecified atom stereocenters. The zero-order valence-corrected chi connectivity index (χ0v) is 13.4. The van der Waals surface area contributed by atoms with Crippen LogP contribution >= 0.6 is 11.6 Å². The first-order valence-electron chi connectivity index (χ1n) is 7.17. The number of rotatable bonds is 4. The van der Waals surface area contributed by atoms with E-state index < -0.39 is 12.1 Å². The van der Waals surface area contributed by atoms with E-state index in [1.165, 1.54) is 25.3 Å². The Kier molecular flexibility index (Phi) is 4.27. The highest BCUT2D eigenvalue weighted by Gasteiger charge is 2.15. The number of fused-ring (bicyclic) bond motifs is 1. The lowest BCUT2D eigenvalue weighted by Gasteiger charge is -2.11. The summed E-state index contributed by atoms with van der Waals surface area (Å²) in [5, 5.41) is 9.70. The lowest BCUT2D eigenvalue weighted by atomic mass is 10.1. The van der Waals surface area contributed by atoms with E-state index in [9.17, 15) is 9.59 Å². The smallest absolute Gasteiger partial charge is 0.344 e. The molecule has 2 aromatic carbocycles. The molecule has 1 N–H and O–H groups in total. The van der Waals surface area contributed by atoms with E-state index in [0.29, 0.717) is 32.9 Å². The van der Waals surface area contributed by atoms with Crippen molar-refractivity contribution in [3.05, 3.63) is 64.0 Å². The van der Waals surface area contributed by atoms with Gasteiger partial charge < -0.3 is 14.3 Å². The molecule has 3 aromatic rings. The second kappa shape index (κ2) is 6.37. The van der Waals surface area contributed by atoms with Gasteiger partial charge in [-0.2, -0.15) is 0 Å². The van der Waals surface area contributed by atoms with Gasteiger partial charge in [-0.05, 0) is 25.1 Å². The summed E-state index contributed by atoms with van der Waals surface area (Å²) in [6.07, 6.45) is 0.340. The van der Waals surface area contributed by atoms with E-state index >= 15 is 0 Å². The zero-order chi connectivity index (χ0) is 17.3. The van der Waals surface area contributed by atoms with Crippen LogP contribution in [0.5, 0.6) is 5.75 Å². The Labute approximate surface area is 142 Å². The van der Waals surface area contributed by atoms with Gasteiger partial charge in [0, 0.05) is 16.7 Å². The topological polar surface area (TPSA) is 76.7 Å². The van der Waals surface area contributed by atoms with Crippen molar-refractivity contribution in [2.75, 3.05) is 0 Å². The lowest BCUT2D eigenvalue weighted by Crippen LogP contribution is -2.22. The van der Waals surface area contributed by atoms with Crippen LogP contribution in [-0.2, 0) is 4.79 Å². The van der Waals surface area contributed by atoms with Crippen LogP contribution in [0.4, 0.5) is 0 Å². The summed E-state index contributed by atoms with van der Waals surface area (Å²) in [5.41, 5.74) is 1.04. The van der Waals surface area contributed by atoms with Gasteiger partial charge >= 0.3 is 5.97 Å². The van der Waals surface area contributed by atoms with Crippen LogP contribution in [0.3, 0.4) is 0 Å². The molecule has 0 saturated heterocycles. The molecule has 0 bridgehead atoms. The fourth-order valence-corrected chi connectivity index (χ4v) is 2.54. The minimum atomic E-state index is -1.08.